The van der Waals surface area contributed by atoms with E-state index in [-0.39, 0.29) is 0 Å². The zero-order valence-electron chi connectivity index (χ0n) is 7.06. The molecule has 0 amide bonds. The van der Waals surface area contributed by atoms with Crippen molar-refractivity contribution in [3.05, 3.63) is 24.3 Å². The lowest BCUT2D eigenvalue weighted by molar-refractivity contribution is 0.729. The van der Waals surface area contributed by atoms with Gasteiger partial charge in [-0.15, -0.1) is 0 Å². The molecule has 0 aliphatic heterocycles. The summed E-state index contributed by atoms with van der Waals surface area (Å²) in [6.07, 6.45) is 14.4. The van der Waals surface area contributed by atoms with Crippen molar-refractivity contribution in [2.24, 2.45) is 0 Å². The third-order valence-electron chi connectivity index (χ3n) is 1.37. The Balaban J connectivity index is 3.02. The van der Waals surface area contributed by atoms with Crippen LogP contribution in [0.4, 0.5) is 0 Å². The summed E-state index contributed by atoms with van der Waals surface area (Å²) in [4.78, 5) is 0. The number of rotatable bonds is 5. The first-order chi connectivity index (χ1) is 4.91. The topological polar surface area (TPSA) is 0 Å². The van der Waals surface area contributed by atoms with Crippen LogP contribution < -0.4 is 0 Å². The first-order valence-electron chi connectivity index (χ1n) is 4.07. The van der Waals surface area contributed by atoms with E-state index in [1.54, 1.807) is 0 Å². The van der Waals surface area contributed by atoms with E-state index in [0.717, 1.165) is 0 Å². The van der Waals surface area contributed by atoms with E-state index in [9.17, 15) is 0 Å². The summed E-state index contributed by atoms with van der Waals surface area (Å²) in [7, 11) is 0. The molecule has 0 aliphatic carbocycles. The fourth-order valence-electron chi connectivity index (χ4n) is 0.773. The van der Waals surface area contributed by atoms with Gasteiger partial charge in [0.1, 0.15) is 0 Å². The van der Waals surface area contributed by atoms with Crippen molar-refractivity contribution >= 4 is 0 Å². The van der Waals surface area contributed by atoms with Crippen LogP contribution in [0, 0.1) is 6.08 Å². The maximum Gasteiger partial charge on any atom is -0.0348 e. The van der Waals surface area contributed by atoms with Crippen LogP contribution in [-0.2, 0) is 0 Å². The third-order valence-corrected chi connectivity index (χ3v) is 1.37. The molecule has 0 heteroatoms. The summed E-state index contributed by atoms with van der Waals surface area (Å²) >= 11 is 0. The minimum atomic E-state index is 1.21. The number of hydrogen-bond acceptors (Lipinski definition) is 0. The van der Waals surface area contributed by atoms with Crippen LogP contribution in [0.3, 0.4) is 0 Å². The molecule has 0 unspecified atom stereocenters. The van der Waals surface area contributed by atoms with E-state index in [4.69, 9.17) is 0 Å². The minimum absolute atomic E-state index is 1.21. The van der Waals surface area contributed by atoms with Gasteiger partial charge in [0.05, 0.1) is 0 Å². The monoisotopic (exact) mass is 137 g/mol. The van der Waals surface area contributed by atoms with E-state index in [0.29, 0.717) is 0 Å². The second kappa shape index (κ2) is 8.48. The molecule has 0 nitrogen and oxygen atoms in total. The van der Waals surface area contributed by atoms with Crippen molar-refractivity contribution in [1.29, 1.82) is 0 Å². The molecule has 0 fully saturated rings. The summed E-state index contributed by atoms with van der Waals surface area (Å²) in [6.45, 7) is 4.14. The molecule has 0 spiro atoms. The predicted molar refractivity (Wildman–Crippen MR) is 46.8 cm³/mol. The molecule has 0 atom stereocenters. The van der Waals surface area contributed by atoms with Crippen LogP contribution in [0.25, 0.3) is 0 Å². The maximum atomic E-state index is 2.95. The van der Waals surface area contributed by atoms with Gasteiger partial charge in [0.25, 0.3) is 0 Å². The van der Waals surface area contributed by atoms with E-state index < -0.39 is 0 Å². The van der Waals surface area contributed by atoms with Gasteiger partial charge in [0.15, 0.2) is 0 Å². The van der Waals surface area contributed by atoms with Crippen molar-refractivity contribution in [3.8, 4) is 0 Å². The lowest BCUT2D eigenvalue weighted by Crippen LogP contribution is -1.69. The molecule has 0 aromatic carbocycles. The molecule has 57 valence electrons. The molecule has 0 aromatic rings. The first-order valence-corrected chi connectivity index (χ1v) is 4.07. The smallest absolute Gasteiger partial charge is 0.0348 e. The van der Waals surface area contributed by atoms with Gasteiger partial charge in [-0.3, -0.25) is 0 Å². The molecule has 0 rings (SSSR count). The normalized spacial score (nSPS) is 11.8. The van der Waals surface area contributed by atoms with Crippen LogP contribution in [0.5, 0.6) is 0 Å². The SMILES string of the molecule is C/[C]=C\C=C\CCCCC. The van der Waals surface area contributed by atoms with Crippen LogP contribution in [0.2, 0.25) is 0 Å². The van der Waals surface area contributed by atoms with E-state index >= 15 is 0 Å². The number of unbranched alkanes of at least 4 members (excludes halogenated alkanes) is 3. The van der Waals surface area contributed by atoms with E-state index in [2.05, 4.69) is 25.2 Å². The molecule has 0 saturated heterocycles. The molecule has 10 heavy (non-hydrogen) atoms. The van der Waals surface area contributed by atoms with Gasteiger partial charge in [-0.05, 0) is 25.8 Å². The molecule has 0 heterocycles. The average Bonchev–Trinajstić information content (AvgIpc) is 1.97. The van der Waals surface area contributed by atoms with Gasteiger partial charge in [0.2, 0.25) is 0 Å². The van der Waals surface area contributed by atoms with Gasteiger partial charge in [-0.25, -0.2) is 0 Å². The van der Waals surface area contributed by atoms with E-state index in [1.807, 2.05) is 13.0 Å². The average molecular weight is 137 g/mol. The van der Waals surface area contributed by atoms with Crippen molar-refractivity contribution in [1.82, 2.24) is 0 Å². The fourth-order valence-corrected chi connectivity index (χ4v) is 0.773. The zero-order valence-corrected chi connectivity index (χ0v) is 7.06. The molecule has 0 aliphatic rings. The second-order valence-corrected chi connectivity index (χ2v) is 2.38. The Kier molecular flexibility index (Phi) is 8.04. The summed E-state index contributed by atoms with van der Waals surface area (Å²) in [5.74, 6) is 0. The molecular formula is C10H17. The fraction of sp³-hybridized carbons (Fsp3) is 0.600. The summed E-state index contributed by atoms with van der Waals surface area (Å²) in [5, 5.41) is 0. The Morgan fingerprint density at radius 3 is 2.70 bits per heavy atom. The summed E-state index contributed by atoms with van der Waals surface area (Å²) < 4.78 is 0. The van der Waals surface area contributed by atoms with Gasteiger partial charge in [0, 0.05) is 0 Å². The largest absolute Gasteiger partial charge is 0.0845 e. The van der Waals surface area contributed by atoms with Crippen LogP contribution in [0.1, 0.15) is 39.5 Å². The highest BCUT2D eigenvalue weighted by Gasteiger charge is 1.79. The Labute approximate surface area is 64.6 Å². The molecule has 1 radical (unpaired) electrons. The lowest BCUT2D eigenvalue weighted by atomic mass is 10.2. The van der Waals surface area contributed by atoms with Crippen LogP contribution in [-0.4, -0.2) is 0 Å². The van der Waals surface area contributed by atoms with Gasteiger partial charge < -0.3 is 0 Å². The summed E-state index contributed by atoms with van der Waals surface area (Å²) in [5.41, 5.74) is 0. The highest BCUT2D eigenvalue weighted by Crippen LogP contribution is 1.99. The van der Waals surface area contributed by atoms with Crippen LogP contribution in [0.15, 0.2) is 18.2 Å². The van der Waals surface area contributed by atoms with Crippen molar-refractivity contribution < 1.29 is 0 Å². The Bertz CT molecular complexity index is 98.6. The third kappa shape index (κ3) is 7.48. The van der Waals surface area contributed by atoms with Gasteiger partial charge in [-0.2, -0.15) is 0 Å². The van der Waals surface area contributed by atoms with Crippen molar-refractivity contribution in [3.63, 3.8) is 0 Å². The molecule has 0 aromatic heterocycles. The highest BCUT2D eigenvalue weighted by atomic mass is 13.9. The molecule has 0 N–H and O–H groups in total. The van der Waals surface area contributed by atoms with Crippen molar-refractivity contribution in [2.45, 2.75) is 39.5 Å². The second-order valence-electron chi connectivity index (χ2n) is 2.38. The quantitative estimate of drug-likeness (QED) is 0.402. The highest BCUT2D eigenvalue weighted by molar-refractivity contribution is 4.97. The molecule has 0 bridgehead atoms. The van der Waals surface area contributed by atoms with E-state index in [1.165, 1.54) is 25.7 Å². The zero-order chi connectivity index (χ0) is 7.66. The predicted octanol–water partition coefficient (Wildman–Crippen LogP) is 3.50. The van der Waals surface area contributed by atoms with Crippen LogP contribution >= 0.6 is 0 Å². The standard InChI is InChI=1S/C10H17/c1-3-5-7-9-10-8-6-4-2/h6,8,10H,3,5,7,9H2,1-2H3/b6-4?,10-8+. The maximum absolute atomic E-state index is 2.95. The summed E-state index contributed by atoms with van der Waals surface area (Å²) in [6, 6.07) is 0. The minimum Gasteiger partial charge on any atom is -0.0845 e. The molecular weight excluding hydrogens is 120 g/mol. The Morgan fingerprint density at radius 1 is 1.30 bits per heavy atom. The number of hydrogen-bond donors (Lipinski definition) is 0. The van der Waals surface area contributed by atoms with Gasteiger partial charge in [-0.1, -0.05) is 38.0 Å². The lowest BCUT2D eigenvalue weighted by Gasteiger charge is -1.89. The number of allylic oxidation sites excluding steroid dienone is 4. The van der Waals surface area contributed by atoms with Crippen molar-refractivity contribution in [2.75, 3.05) is 0 Å². The van der Waals surface area contributed by atoms with Gasteiger partial charge >= 0.3 is 0 Å². The first kappa shape index (κ1) is 9.48. The Hall–Kier alpha value is -0.520. The molecule has 0 saturated carbocycles. The Morgan fingerprint density at radius 2 is 2.10 bits per heavy atom.